The zero-order chi connectivity index (χ0) is 13.9. The molecule has 0 radical (unpaired) electrons. The number of methoxy groups -OCH3 is 1. The fourth-order valence-electron chi connectivity index (χ4n) is 1.62. The standard InChI is InChI=1S/C11H13FN2O3S/c1-7(18(14,15)16)11(17-2)10-4-3-9(12)5-8(10)6-13/h3-5,7,11H,1-2H3,(H2,14,15,16)/t7-,11-/m0/s1. The minimum atomic E-state index is -3.83. The summed E-state index contributed by atoms with van der Waals surface area (Å²) < 4.78 is 40.7. The van der Waals surface area contributed by atoms with E-state index in [-0.39, 0.29) is 5.56 Å². The van der Waals surface area contributed by atoms with Crippen LogP contribution in [0.5, 0.6) is 0 Å². The van der Waals surface area contributed by atoms with Crippen LogP contribution >= 0.6 is 0 Å². The molecule has 0 saturated heterocycles. The molecule has 0 aliphatic carbocycles. The SMILES string of the molecule is CO[C@H](c1ccc(F)cc1C#N)[C@H](C)S(N)(=O)=O. The van der Waals surface area contributed by atoms with Crippen molar-refractivity contribution in [3.63, 3.8) is 0 Å². The third-order valence-electron chi connectivity index (χ3n) is 2.64. The lowest BCUT2D eigenvalue weighted by molar-refractivity contribution is 0.102. The van der Waals surface area contributed by atoms with E-state index in [1.54, 1.807) is 6.07 Å². The number of nitriles is 1. The van der Waals surface area contributed by atoms with E-state index in [4.69, 9.17) is 15.1 Å². The van der Waals surface area contributed by atoms with Crippen LogP contribution in [0.25, 0.3) is 0 Å². The van der Waals surface area contributed by atoms with Gasteiger partial charge in [-0.2, -0.15) is 5.26 Å². The predicted molar refractivity (Wildman–Crippen MR) is 63.4 cm³/mol. The molecule has 98 valence electrons. The van der Waals surface area contributed by atoms with Crippen molar-refractivity contribution in [3.05, 3.63) is 35.1 Å². The number of nitrogens with two attached hydrogens (primary N) is 1. The normalized spacial score (nSPS) is 14.8. The van der Waals surface area contributed by atoms with Crippen molar-refractivity contribution in [2.75, 3.05) is 7.11 Å². The third-order valence-corrected chi connectivity index (χ3v) is 3.92. The van der Waals surface area contributed by atoms with Crippen LogP contribution < -0.4 is 5.14 Å². The molecule has 0 amide bonds. The molecule has 0 spiro atoms. The van der Waals surface area contributed by atoms with Gasteiger partial charge < -0.3 is 4.74 Å². The van der Waals surface area contributed by atoms with Crippen molar-refractivity contribution in [2.45, 2.75) is 18.3 Å². The summed E-state index contributed by atoms with van der Waals surface area (Å²) in [5.74, 6) is -0.576. The van der Waals surface area contributed by atoms with Crippen LogP contribution in [0.1, 0.15) is 24.2 Å². The second kappa shape index (κ2) is 5.44. The molecule has 1 rings (SSSR count). The highest BCUT2D eigenvalue weighted by Gasteiger charge is 2.29. The van der Waals surface area contributed by atoms with Gasteiger partial charge in [0.2, 0.25) is 10.0 Å². The van der Waals surface area contributed by atoms with Gasteiger partial charge in [0, 0.05) is 12.7 Å². The molecule has 5 nitrogen and oxygen atoms in total. The van der Waals surface area contributed by atoms with E-state index < -0.39 is 27.2 Å². The predicted octanol–water partition coefficient (Wildman–Crippen LogP) is 1.06. The van der Waals surface area contributed by atoms with E-state index in [0.29, 0.717) is 5.56 Å². The summed E-state index contributed by atoms with van der Waals surface area (Å²) in [7, 11) is -2.52. The highest BCUT2D eigenvalue weighted by molar-refractivity contribution is 7.89. The summed E-state index contributed by atoms with van der Waals surface area (Å²) in [5.41, 5.74) is 0.320. The maximum Gasteiger partial charge on any atom is 0.214 e. The van der Waals surface area contributed by atoms with E-state index in [1.165, 1.54) is 20.1 Å². The topological polar surface area (TPSA) is 93.2 Å². The van der Waals surface area contributed by atoms with Gasteiger partial charge in [-0.15, -0.1) is 0 Å². The summed E-state index contributed by atoms with van der Waals surface area (Å²) in [4.78, 5) is 0. The number of rotatable bonds is 4. The highest BCUT2D eigenvalue weighted by Crippen LogP contribution is 2.27. The average molecular weight is 272 g/mol. The van der Waals surface area contributed by atoms with E-state index >= 15 is 0 Å². The maximum atomic E-state index is 13.0. The van der Waals surface area contributed by atoms with Gasteiger partial charge in [-0.3, -0.25) is 0 Å². The number of nitrogens with zero attached hydrogens (tertiary/aromatic N) is 1. The van der Waals surface area contributed by atoms with Crippen molar-refractivity contribution in [1.29, 1.82) is 5.26 Å². The quantitative estimate of drug-likeness (QED) is 0.886. The molecule has 1 aromatic carbocycles. The van der Waals surface area contributed by atoms with Crippen molar-refractivity contribution in [2.24, 2.45) is 5.14 Å². The monoisotopic (exact) mass is 272 g/mol. The number of hydrogen-bond acceptors (Lipinski definition) is 4. The van der Waals surface area contributed by atoms with Gasteiger partial charge in [0.15, 0.2) is 0 Å². The molecule has 1 aromatic rings. The van der Waals surface area contributed by atoms with Crippen LogP contribution in [0.3, 0.4) is 0 Å². The number of sulfonamides is 1. The number of hydrogen-bond donors (Lipinski definition) is 1. The Morgan fingerprint density at radius 2 is 2.11 bits per heavy atom. The number of ether oxygens (including phenoxy) is 1. The van der Waals surface area contributed by atoms with Gasteiger partial charge >= 0.3 is 0 Å². The first-order chi connectivity index (χ1) is 8.31. The Kier molecular flexibility index (Phi) is 4.40. The fraction of sp³-hybridized carbons (Fsp3) is 0.364. The van der Waals surface area contributed by atoms with Gasteiger partial charge in [-0.1, -0.05) is 6.07 Å². The Hall–Kier alpha value is -1.49. The van der Waals surface area contributed by atoms with Crippen LogP contribution in [-0.2, 0) is 14.8 Å². The minimum Gasteiger partial charge on any atom is -0.375 e. The third kappa shape index (κ3) is 3.04. The Bertz CT molecular complexity index is 580. The summed E-state index contributed by atoms with van der Waals surface area (Å²) >= 11 is 0. The first-order valence-electron chi connectivity index (χ1n) is 5.05. The maximum absolute atomic E-state index is 13.0. The van der Waals surface area contributed by atoms with Crippen LogP contribution in [0.2, 0.25) is 0 Å². The lowest BCUT2D eigenvalue weighted by Gasteiger charge is -2.22. The van der Waals surface area contributed by atoms with Crippen molar-refractivity contribution < 1.29 is 17.5 Å². The molecule has 18 heavy (non-hydrogen) atoms. The molecule has 0 heterocycles. The van der Waals surface area contributed by atoms with Crippen molar-refractivity contribution in [1.82, 2.24) is 0 Å². The van der Waals surface area contributed by atoms with Crippen LogP contribution in [-0.4, -0.2) is 20.8 Å². The van der Waals surface area contributed by atoms with Crippen molar-refractivity contribution >= 4 is 10.0 Å². The summed E-state index contributed by atoms with van der Waals surface area (Å²) in [6, 6.07) is 5.29. The first-order valence-corrected chi connectivity index (χ1v) is 6.66. The second-order valence-electron chi connectivity index (χ2n) is 3.79. The molecule has 0 fully saturated rings. The van der Waals surface area contributed by atoms with E-state index in [1.807, 2.05) is 0 Å². The fourth-order valence-corrected chi connectivity index (χ4v) is 2.22. The second-order valence-corrected chi connectivity index (χ2v) is 5.72. The molecule has 0 aliphatic heterocycles. The smallest absolute Gasteiger partial charge is 0.214 e. The summed E-state index contributed by atoms with van der Waals surface area (Å²) in [6.45, 7) is 1.37. The molecule has 0 saturated carbocycles. The average Bonchev–Trinajstić information content (AvgIpc) is 2.30. The molecule has 7 heteroatoms. The number of halogens is 1. The largest absolute Gasteiger partial charge is 0.375 e. The van der Waals surface area contributed by atoms with Crippen LogP contribution in [0.15, 0.2) is 18.2 Å². The van der Waals surface area contributed by atoms with Gasteiger partial charge in [-0.05, 0) is 19.1 Å². The highest BCUT2D eigenvalue weighted by atomic mass is 32.2. The zero-order valence-corrected chi connectivity index (χ0v) is 10.7. The van der Waals surface area contributed by atoms with E-state index in [0.717, 1.165) is 12.1 Å². The number of benzene rings is 1. The molecular weight excluding hydrogens is 259 g/mol. The number of primary sulfonamides is 1. The lowest BCUT2D eigenvalue weighted by Crippen LogP contribution is -2.32. The Morgan fingerprint density at radius 1 is 1.50 bits per heavy atom. The Labute approximate surface area is 105 Å². The molecule has 0 unspecified atom stereocenters. The zero-order valence-electron chi connectivity index (χ0n) is 9.92. The summed E-state index contributed by atoms with van der Waals surface area (Å²) in [6.07, 6.45) is -0.921. The van der Waals surface area contributed by atoms with Crippen LogP contribution in [0, 0.1) is 17.1 Å². The molecule has 2 N–H and O–H groups in total. The first kappa shape index (κ1) is 14.6. The Morgan fingerprint density at radius 3 is 2.56 bits per heavy atom. The van der Waals surface area contributed by atoms with Gasteiger partial charge in [0.1, 0.15) is 17.2 Å². The van der Waals surface area contributed by atoms with Crippen molar-refractivity contribution in [3.8, 4) is 6.07 Å². The summed E-state index contributed by atoms with van der Waals surface area (Å²) in [5, 5.41) is 12.9. The van der Waals surface area contributed by atoms with Gasteiger partial charge in [-0.25, -0.2) is 17.9 Å². The lowest BCUT2D eigenvalue weighted by atomic mass is 10.0. The van der Waals surface area contributed by atoms with Gasteiger partial charge in [0.25, 0.3) is 0 Å². The molecule has 2 atom stereocenters. The minimum absolute atomic E-state index is 0.0253. The Balaban J connectivity index is 3.31. The van der Waals surface area contributed by atoms with E-state index in [9.17, 15) is 12.8 Å². The molecule has 0 bridgehead atoms. The van der Waals surface area contributed by atoms with Crippen LogP contribution in [0.4, 0.5) is 4.39 Å². The molecule has 0 aliphatic rings. The van der Waals surface area contributed by atoms with E-state index in [2.05, 4.69) is 0 Å². The molecule has 0 aromatic heterocycles. The molecular formula is C11H13FN2O3S. The van der Waals surface area contributed by atoms with Gasteiger partial charge in [0.05, 0.1) is 11.6 Å².